The third kappa shape index (κ3) is 5.04. The van der Waals surface area contributed by atoms with Crippen molar-refractivity contribution in [3.8, 4) is 5.75 Å². The summed E-state index contributed by atoms with van der Waals surface area (Å²) in [7, 11) is 0. The standard InChI is InChI=1S/C31H29F3N4O5/c1-17-11-31(43-36-17)12-24(34)18(2)37-15-25(31)38-14-22(29(40)35-13-20-8-9-21(32)10-23(20)33)27(39)28(26(38)30(37)41)42-16-19-6-4-3-5-7-19/h3-10,14,18,24-25H,11-13,15-16H2,1-2H3,(H,35,40)/t18-,24-,25?,31+/m0/s1. The number of amides is 2. The number of benzene rings is 2. The molecule has 1 fully saturated rings. The van der Waals surface area contributed by atoms with E-state index in [0.717, 1.165) is 6.07 Å². The molecule has 0 saturated carbocycles. The number of hydrogen-bond acceptors (Lipinski definition) is 6. The van der Waals surface area contributed by atoms with Gasteiger partial charge in [0.1, 0.15) is 30.0 Å². The van der Waals surface area contributed by atoms with Gasteiger partial charge in [-0.1, -0.05) is 41.6 Å². The Hall–Kier alpha value is -4.61. The van der Waals surface area contributed by atoms with Gasteiger partial charge in [0.2, 0.25) is 5.43 Å². The van der Waals surface area contributed by atoms with Crippen LogP contribution in [0.1, 0.15) is 64.7 Å². The van der Waals surface area contributed by atoms with Gasteiger partial charge in [0.05, 0.1) is 17.8 Å². The number of carbonyl (C=O) groups is 2. The highest BCUT2D eigenvalue weighted by atomic mass is 19.1. The third-order valence-electron chi connectivity index (χ3n) is 8.39. The van der Waals surface area contributed by atoms with Crippen LogP contribution >= 0.6 is 0 Å². The third-order valence-corrected chi connectivity index (χ3v) is 8.39. The Kier molecular flexibility index (Phi) is 7.23. The number of nitrogens with zero attached hydrogens (tertiary/aromatic N) is 3. The van der Waals surface area contributed by atoms with Crippen LogP contribution in [0, 0.1) is 11.6 Å². The molecule has 224 valence electrons. The Balaban J connectivity index is 1.46. The molecule has 3 aromatic rings. The van der Waals surface area contributed by atoms with Gasteiger partial charge in [-0.05, 0) is 25.5 Å². The maximum Gasteiger partial charge on any atom is 0.274 e. The molecule has 9 nitrogen and oxygen atoms in total. The van der Waals surface area contributed by atoms with Crippen LogP contribution in [0.25, 0.3) is 0 Å². The van der Waals surface area contributed by atoms with E-state index >= 15 is 4.39 Å². The van der Waals surface area contributed by atoms with Crippen molar-refractivity contribution in [3.63, 3.8) is 0 Å². The van der Waals surface area contributed by atoms with Crippen molar-refractivity contribution in [2.75, 3.05) is 6.54 Å². The number of alkyl halides is 1. The molecule has 43 heavy (non-hydrogen) atoms. The van der Waals surface area contributed by atoms with E-state index in [-0.39, 0.29) is 55.1 Å². The molecule has 3 aliphatic heterocycles. The van der Waals surface area contributed by atoms with Gasteiger partial charge in [-0.15, -0.1) is 0 Å². The Morgan fingerprint density at radius 1 is 1.19 bits per heavy atom. The van der Waals surface area contributed by atoms with Gasteiger partial charge in [-0.2, -0.15) is 0 Å². The van der Waals surface area contributed by atoms with Gasteiger partial charge < -0.3 is 24.4 Å². The van der Waals surface area contributed by atoms with Crippen LogP contribution in [-0.2, 0) is 18.0 Å². The van der Waals surface area contributed by atoms with Crippen molar-refractivity contribution >= 4 is 17.5 Å². The second-order valence-electron chi connectivity index (χ2n) is 11.2. The van der Waals surface area contributed by atoms with Crippen LogP contribution in [0.4, 0.5) is 13.2 Å². The van der Waals surface area contributed by atoms with E-state index in [1.165, 1.54) is 21.7 Å². The summed E-state index contributed by atoms with van der Waals surface area (Å²) in [6, 6.07) is 10.4. The number of hydrogen-bond donors (Lipinski definition) is 1. The molecule has 1 spiro atoms. The van der Waals surface area contributed by atoms with Gasteiger partial charge in [0.25, 0.3) is 11.8 Å². The topological polar surface area (TPSA) is 102 Å². The molecule has 2 amide bonds. The number of halogens is 3. The molecule has 2 aromatic carbocycles. The second-order valence-corrected chi connectivity index (χ2v) is 11.2. The second kappa shape index (κ2) is 10.9. The average molecular weight is 595 g/mol. The van der Waals surface area contributed by atoms with Crippen molar-refractivity contribution in [1.29, 1.82) is 0 Å². The molecule has 1 N–H and O–H groups in total. The Labute approximate surface area is 244 Å². The number of ether oxygens (including phenoxy) is 1. The molecule has 0 aliphatic carbocycles. The first-order valence-corrected chi connectivity index (χ1v) is 13.9. The van der Waals surface area contributed by atoms with Gasteiger partial charge in [0, 0.05) is 43.8 Å². The van der Waals surface area contributed by atoms with Crippen LogP contribution in [-0.4, -0.2) is 51.4 Å². The van der Waals surface area contributed by atoms with Crippen molar-refractivity contribution < 1.29 is 32.3 Å². The van der Waals surface area contributed by atoms with E-state index in [1.807, 2.05) is 6.07 Å². The molecular formula is C31H29F3N4O5. The summed E-state index contributed by atoms with van der Waals surface area (Å²) >= 11 is 0. The zero-order valence-corrected chi connectivity index (χ0v) is 23.5. The SMILES string of the molecule is CC1=NO[C@]2(C1)C[C@H](F)[C@H](C)N1CC2n2cc(C(=O)NCc3ccc(F)cc3F)c(=O)c(OCc3ccccc3)c2C1=O. The van der Waals surface area contributed by atoms with Crippen LogP contribution < -0.4 is 15.5 Å². The molecule has 2 bridgehead atoms. The average Bonchev–Trinajstić information content (AvgIpc) is 3.32. The number of nitrogens with one attached hydrogen (secondary N) is 1. The molecule has 1 saturated heterocycles. The lowest BCUT2D eigenvalue weighted by Crippen LogP contribution is -2.52. The first-order valence-electron chi connectivity index (χ1n) is 13.9. The van der Waals surface area contributed by atoms with Crippen LogP contribution in [0.15, 0.2) is 64.7 Å². The minimum atomic E-state index is -1.45. The number of pyridine rings is 1. The summed E-state index contributed by atoms with van der Waals surface area (Å²) in [6.07, 6.45) is 0.0225. The van der Waals surface area contributed by atoms with Gasteiger partial charge in [-0.3, -0.25) is 14.4 Å². The Bertz CT molecular complexity index is 1690. The molecule has 4 atom stereocenters. The first-order chi connectivity index (χ1) is 20.6. The lowest BCUT2D eigenvalue weighted by Gasteiger charge is -2.42. The molecule has 6 rings (SSSR count). The molecule has 3 aliphatic rings. The molecule has 12 heteroatoms. The number of rotatable bonds is 6. The predicted molar refractivity (Wildman–Crippen MR) is 150 cm³/mol. The first kappa shape index (κ1) is 28.5. The molecular weight excluding hydrogens is 565 g/mol. The van der Waals surface area contributed by atoms with Crippen molar-refractivity contribution in [2.45, 2.75) is 63.7 Å². The number of aromatic nitrogens is 1. The van der Waals surface area contributed by atoms with E-state index < -0.39 is 52.7 Å². The van der Waals surface area contributed by atoms with Crippen molar-refractivity contribution in [2.24, 2.45) is 5.16 Å². The lowest BCUT2D eigenvalue weighted by atomic mass is 9.83. The zero-order valence-electron chi connectivity index (χ0n) is 23.5. The highest BCUT2D eigenvalue weighted by Crippen LogP contribution is 2.47. The summed E-state index contributed by atoms with van der Waals surface area (Å²) in [5.74, 6) is -3.46. The van der Waals surface area contributed by atoms with Gasteiger partial charge >= 0.3 is 0 Å². The van der Waals surface area contributed by atoms with E-state index in [4.69, 9.17) is 9.57 Å². The number of oxime groups is 1. The fourth-order valence-electron chi connectivity index (χ4n) is 6.07. The largest absolute Gasteiger partial charge is 0.483 e. The fourth-order valence-corrected chi connectivity index (χ4v) is 6.07. The summed E-state index contributed by atoms with van der Waals surface area (Å²) in [5.41, 5.74) is -1.16. The highest BCUT2D eigenvalue weighted by molar-refractivity contribution is 5.99. The number of fused-ring (bicyclic) bond motifs is 5. The van der Waals surface area contributed by atoms with E-state index in [0.29, 0.717) is 17.3 Å². The normalized spacial score (nSPS) is 24.2. The monoisotopic (exact) mass is 594 g/mol. The Morgan fingerprint density at radius 3 is 2.65 bits per heavy atom. The van der Waals surface area contributed by atoms with Crippen LogP contribution in [0.3, 0.4) is 0 Å². The Morgan fingerprint density at radius 2 is 1.95 bits per heavy atom. The molecule has 1 unspecified atom stereocenters. The van der Waals surface area contributed by atoms with Gasteiger partial charge in [-0.25, -0.2) is 13.2 Å². The summed E-state index contributed by atoms with van der Waals surface area (Å²) in [4.78, 5) is 48.5. The summed E-state index contributed by atoms with van der Waals surface area (Å²) in [5, 5.41) is 6.61. The predicted octanol–water partition coefficient (Wildman–Crippen LogP) is 4.30. The quantitative estimate of drug-likeness (QED) is 0.459. The van der Waals surface area contributed by atoms with Gasteiger partial charge in [0.15, 0.2) is 17.0 Å². The summed E-state index contributed by atoms with van der Waals surface area (Å²) < 4.78 is 50.7. The van der Waals surface area contributed by atoms with Crippen molar-refractivity contribution in [1.82, 2.24) is 14.8 Å². The minimum Gasteiger partial charge on any atom is -0.483 e. The summed E-state index contributed by atoms with van der Waals surface area (Å²) in [6.45, 7) is 3.01. The van der Waals surface area contributed by atoms with E-state index in [2.05, 4.69) is 10.5 Å². The van der Waals surface area contributed by atoms with Crippen molar-refractivity contribution in [3.05, 3.63) is 99.0 Å². The van der Waals surface area contributed by atoms with Crippen LogP contribution in [0.5, 0.6) is 5.75 Å². The smallest absolute Gasteiger partial charge is 0.274 e. The maximum atomic E-state index is 15.6. The maximum absolute atomic E-state index is 15.6. The lowest BCUT2D eigenvalue weighted by molar-refractivity contribution is -0.0726. The van der Waals surface area contributed by atoms with E-state index in [1.54, 1.807) is 38.1 Å². The zero-order chi connectivity index (χ0) is 30.5. The minimum absolute atomic E-state index is 0.0110. The highest BCUT2D eigenvalue weighted by Gasteiger charge is 2.56. The molecule has 1 aromatic heterocycles. The molecule has 4 heterocycles. The van der Waals surface area contributed by atoms with Crippen LogP contribution in [0.2, 0.25) is 0 Å². The number of carbonyl (C=O) groups excluding carboxylic acids is 2. The fraction of sp³-hybridized carbons (Fsp3) is 0.355. The molecule has 0 radical (unpaired) electrons. The van der Waals surface area contributed by atoms with E-state index in [9.17, 15) is 23.2 Å².